The lowest BCUT2D eigenvalue weighted by molar-refractivity contribution is 0.0696. The minimum absolute atomic E-state index is 0.0831. The van der Waals surface area contributed by atoms with Crippen LogP contribution in [0.4, 0.5) is 0 Å². The lowest BCUT2D eigenvalue weighted by atomic mass is 10.1. The first-order valence-corrected chi connectivity index (χ1v) is 5.48. The van der Waals surface area contributed by atoms with Crippen LogP contribution in [0.2, 0.25) is 0 Å². The van der Waals surface area contributed by atoms with Gasteiger partial charge in [0.05, 0.1) is 5.56 Å². The van der Waals surface area contributed by atoms with Gasteiger partial charge in [-0.2, -0.15) is 0 Å². The van der Waals surface area contributed by atoms with Gasteiger partial charge in [0.25, 0.3) is 0 Å². The van der Waals surface area contributed by atoms with Crippen LogP contribution in [0.15, 0.2) is 12.1 Å². The average Bonchev–Trinajstić information content (AvgIpc) is 2.48. The molecule has 0 heterocycles. The van der Waals surface area contributed by atoms with Gasteiger partial charge in [-0.3, -0.25) is 0 Å². The van der Waals surface area contributed by atoms with E-state index in [9.17, 15) is 4.79 Å². The highest BCUT2D eigenvalue weighted by Gasteiger charge is 2.23. The molecule has 0 radical (unpaired) electrons. The Hall–Kier alpha value is -0.620. The van der Waals surface area contributed by atoms with Crippen molar-refractivity contribution in [2.75, 3.05) is 0 Å². The Labute approximate surface area is 95.4 Å². The smallest absolute Gasteiger partial charge is 0.335 e. The molecule has 3 nitrogen and oxygen atoms in total. The number of aromatic carboxylic acids is 1. The van der Waals surface area contributed by atoms with Crippen molar-refractivity contribution in [1.82, 2.24) is 0 Å². The Morgan fingerprint density at radius 3 is 2.93 bits per heavy atom. The van der Waals surface area contributed by atoms with E-state index in [0.717, 1.165) is 27.5 Å². The Kier molecular flexibility index (Phi) is 2.48. The predicted molar refractivity (Wildman–Crippen MR) is 61.4 cm³/mol. The fraction of sp³-hybridized carbons (Fsp3) is 0.300. The zero-order valence-electron chi connectivity index (χ0n) is 7.46. The molecule has 1 aromatic rings. The van der Waals surface area contributed by atoms with Crippen molar-refractivity contribution in [3.8, 4) is 0 Å². The maximum absolute atomic E-state index is 10.8. The van der Waals surface area contributed by atoms with E-state index in [-0.39, 0.29) is 6.04 Å². The zero-order chi connectivity index (χ0) is 10.3. The maximum atomic E-state index is 10.8. The minimum atomic E-state index is -0.869. The number of carbonyl (C=O) groups is 1. The van der Waals surface area contributed by atoms with Crippen molar-refractivity contribution in [3.63, 3.8) is 0 Å². The lowest BCUT2D eigenvalue weighted by Gasteiger charge is -2.08. The number of nitrogens with two attached hydrogens (primary N) is 1. The molecule has 0 aliphatic heterocycles. The molecule has 1 aromatic carbocycles. The third-order valence-electron chi connectivity index (χ3n) is 2.56. The van der Waals surface area contributed by atoms with Crippen LogP contribution >= 0.6 is 22.6 Å². The van der Waals surface area contributed by atoms with Gasteiger partial charge in [0.2, 0.25) is 0 Å². The van der Waals surface area contributed by atoms with Gasteiger partial charge < -0.3 is 10.8 Å². The van der Waals surface area contributed by atoms with E-state index < -0.39 is 5.97 Å². The first kappa shape index (κ1) is 9.92. The molecule has 74 valence electrons. The highest BCUT2D eigenvalue weighted by molar-refractivity contribution is 14.1. The third-order valence-corrected chi connectivity index (χ3v) is 3.45. The van der Waals surface area contributed by atoms with E-state index in [1.54, 1.807) is 12.1 Å². The SMILES string of the molecule is NC1CCc2cc(C(=O)O)cc(I)c21. The van der Waals surface area contributed by atoms with Crippen LogP contribution in [0.1, 0.15) is 33.9 Å². The zero-order valence-corrected chi connectivity index (χ0v) is 9.61. The predicted octanol–water partition coefficient (Wildman–Crippen LogP) is 1.94. The van der Waals surface area contributed by atoms with Gasteiger partial charge in [0, 0.05) is 9.61 Å². The molecule has 0 spiro atoms. The summed E-state index contributed by atoms with van der Waals surface area (Å²) in [5.41, 5.74) is 8.52. The van der Waals surface area contributed by atoms with Crippen molar-refractivity contribution in [2.24, 2.45) is 5.73 Å². The van der Waals surface area contributed by atoms with E-state index in [1.165, 1.54) is 0 Å². The van der Waals surface area contributed by atoms with Gasteiger partial charge in [0.1, 0.15) is 0 Å². The number of hydrogen-bond donors (Lipinski definition) is 2. The monoisotopic (exact) mass is 303 g/mol. The molecular weight excluding hydrogens is 293 g/mol. The molecule has 3 N–H and O–H groups in total. The summed E-state index contributed by atoms with van der Waals surface area (Å²) in [7, 11) is 0. The number of hydrogen-bond acceptors (Lipinski definition) is 2. The Morgan fingerprint density at radius 2 is 2.29 bits per heavy atom. The summed E-state index contributed by atoms with van der Waals surface area (Å²) in [4.78, 5) is 10.8. The average molecular weight is 303 g/mol. The largest absolute Gasteiger partial charge is 0.478 e. The van der Waals surface area contributed by atoms with E-state index in [4.69, 9.17) is 10.8 Å². The van der Waals surface area contributed by atoms with Crippen LogP contribution in [-0.2, 0) is 6.42 Å². The highest BCUT2D eigenvalue weighted by atomic mass is 127. The van der Waals surface area contributed by atoms with Crippen LogP contribution in [0, 0.1) is 3.57 Å². The summed E-state index contributed by atoms with van der Waals surface area (Å²) in [5.74, 6) is -0.869. The number of benzene rings is 1. The second-order valence-electron chi connectivity index (χ2n) is 3.48. The van der Waals surface area contributed by atoms with Crippen molar-refractivity contribution >= 4 is 28.6 Å². The quantitative estimate of drug-likeness (QED) is 0.779. The van der Waals surface area contributed by atoms with E-state index in [0.29, 0.717) is 5.56 Å². The van der Waals surface area contributed by atoms with Crippen LogP contribution in [-0.4, -0.2) is 11.1 Å². The fourth-order valence-electron chi connectivity index (χ4n) is 1.88. The Morgan fingerprint density at radius 1 is 1.57 bits per heavy atom. The van der Waals surface area contributed by atoms with E-state index >= 15 is 0 Å². The summed E-state index contributed by atoms with van der Waals surface area (Å²) >= 11 is 2.16. The van der Waals surface area contributed by atoms with Gasteiger partial charge in [-0.1, -0.05) is 0 Å². The van der Waals surface area contributed by atoms with Crippen molar-refractivity contribution < 1.29 is 9.90 Å². The molecule has 14 heavy (non-hydrogen) atoms. The number of carboxylic acids is 1. The minimum Gasteiger partial charge on any atom is -0.478 e. The molecule has 4 heteroatoms. The summed E-state index contributed by atoms with van der Waals surface area (Å²) < 4.78 is 0.975. The molecule has 1 unspecified atom stereocenters. The molecule has 2 rings (SSSR count). The molecule has 0 saturated carbocycles. The topological polar surface area (TPSA) is 63.3 Å². The molecule has 0 aromatic heterocycles. The molecule has 0 saturated heterocycles. The van der Waals surface area contributed by atoms with Gasteiger partial charge in [-0.15, -0.1) is 0 Å². The molecule has 1 atom stereocenters. The first-order chi connectivity index (χ1) is 6.59. The van der Waals surface area contributed by atoms with Gasteiger partial charge in [-0.25, -0.2) is 4.79 Å². The molecule has 0 fully saturated rings. The fourth-order valence-corrected chi connectivity index (χ4v) is 2.96. The van der Waals surface area contributed by atoms with Gasteiger partial charge in [0.15, 0.2) is 0 Å². The van der Waals surface area contributed by atoms with Gasteiger partial charge >= 0.3 is 5.97 Å². The van der Waals surface area contributed by atoms with Crippen LogP contribution < -0.4 is 5.73 Å². The Balaban J connectivity index is 2.57. The molecule has 1 aliphatic rings. The van der Waals surface area contributed by atoms with Crippen LogP contribution in [0.3, 0.4) is 0 Å². The summed E-state index contributed by atoms with van der Waals surface area (Å²) in [6.07, 6.45) is 1.82. The second-order valence-corrected chi connectivity index (χ2v) is 4.64. The molecule has 0 bridgehead atoms. The number of halogens is 1. The van der Waals surface area contributed by atoms with Crippen molar-refractivity contribution in [2.45, 2.75) is 18.9 Å². The third kappa shape index (κ3) is 1.52. The Bertz CT molecular complexity index is 403. The number of fused-ring (bicyclic) bond motifs is 1. The second kappa shape index (κ2) is 3.51. The standard InChI is InChI=1S/C10H10INO2/c11-7-4-6(10(13)14)3-5-1-2-8(12)9(5)7/h3-4,8H,1-2,12H2,(H,13,14). The van der Waals surface area contributed by atoms with Crippen molar-refractivity contribution in [1.29, 1.82) is 0 Å². The molecular formula is C10H10INO2. The highest BCUT2D eigenvalue weighted by Crippen LogP contribution is 2.33. The normalized spacial score (nSPS) is 19.4. The molecule has 1 aliphatic carbocycles. The van der Waals surface area contributed by atoms with Crippen LogP contribution in [0.5, 0.6) is 0 Å². The van der Waals surface area contributed by atoms with Crippen molar-refractivity contribution in [3.05, 3.63) is 32.4 Å². The van der Waals surface area contributed by atoms with Crippen LogP contribution in [0.25, 0.3) is 0 Å². The number of rotatable bonds is 1. The molecule has 0 amide bonds. The summed E-state index contributed by atoms with van der Waals surface area (Å²) in [5, 5.41) is 8.87. The number of carboxylic acid groups (broad SMARTS) is 1. The maximum Gasteiger partial charge on any atom is 0.335 e. The van der Waals surface area contributed by atoms with E-state index in [1.807, 2.05) is 0 Å². The summed E-state index contributed by atoms with van der Waals surface area (Å²) in [6.45, 7) is 0. The van der Waals surface area contributed by atoms with Gasteiger partial charge in [-0.05, 0) is 58.7 Å². The van der Waals surface area contributed by atoms with E-state index in [2.05, 4.69) is 22.6 Å². The summed E-state index contributed by atoms with van der Waals surface area (Å²) in [6, 6.07) is 3.51. The first-order valence-electron chi connectivity index (χ1n) is 4.41. The number of aryl methyl sites for hydroxylation is 1. The lowest BCUT2D eigenvalue weighted by Crippen LogP contribution is -2.08.